The summed E-state index contributed by atoms with van der Waals surface area (Å²) in [7, 11) is 1.83. The third-order valence-electron chi connectivity index (χ3n) is 4.15. The van der Waals surface area contributed by atoms with Gasteiger partial charge < -0.3 is 10.6 Å². The van der Waals surface area contributed by atoms with Crippen LogP contribution in [0.15, 0.2) is 0 Å². The van der Waals surface area contributed by atoms with E-state index in [2.05, 4.69) is 9.80 Å². The number of likely N-dealkylation sites (N-methyl/N-ethyl adjacent to an activating group) is 1. The standard InChI is InChI=1S/C13H24N4OS/c1-15(6-4-12(14)19)13(18)10-16-7-8-17-5-2-3-11(17)9-16/h11H,2-10H2,1H3,(H2,14,19). The van der Waals surface area contributed by atoms with Crippen LogP contribution < -0.4 is 5.73 Å². The normalized spacial score (nSPS) is 24.2. The van der Waals surface area contributed by atoms with E-state index >= 15 is 0 Å². The molecule has 19 heavy (non-hydrogen) atoms. The van der Waals surface area contributed by atoms with E-state index in [1.165, 1.54) is 19.4 Å². The number of carbonyl (C=O) groups is 1. The molecule has 2 saturated heterocycles. The predicted octanol–water partition coefficient (Wildman–Crippen LogP) is -0.0990. The van der Waals surface area contributed by atoms with Gasteiger partial charge in [0.2, 0.25) is 5.91 Å². The highest BCUT2D eigenvalue weighted by atomic mass is 32.1. The van der Waals surface area contributed by atoms with Crippen LogP contribution in [0.1, 0.15) is 19.3 Å². The molecule has 108 valence electrons. The fourth-order valence-electron chi connectivity index (χ4n) is 2.91. The average Bonchev–Trinajstić information content (AvgIpc) is 2.83. The molecule has 2 heterocycles. The van der Waals surface area contributed by atoms with Gasteiger partial charge in [0.1, 0.15) is 0 Å². The van der Waals surface area contributed by atoms with E-state index in [4.69, 9.17) is 18.0 Å². The van der Waals surface area contributed by atoms with Gasteiger partial charge >= 0.3 is 0 Å². The van der Waals surface area contributed by atoms with Gasteiger partial charge in [0, 0.05) is 45.7 Å². The van der Waals surface area contributed by atoms with Crippen LogP contribution in [0.4, 0.5) is 0 Å². The molecule has 2 aliphatic heterocycles. The van der Waals surface area contributed by atoms with E-state index in [-0.39, 0.29) is 5.91 Å². The number of hydrogen-bond acceptors (Lipinski definition) is 4. The summed E-state index contributed by atoms with van der Waals surface area (Å²) in [5, 5.41) is 0. The minimum absolute atomic E-state index is 0.169. The first-order chi connectivity index (χ1) is 9.06. The third-order valence-corrected chi connectivity index (χ3v) is 4.35. The average molecular weight is 284 g/mol. The van der Waals surface area contributed by atoms with Gasteiger partial charge in [0.15, 0.2) is 0 Å². The molecule has 6 heteroatoms. The lowest BCUT2D eigenvalue weighted by Crippen LogP contribution is -2.52. The topological polar surface area (TPSA) is 52.8 Å². The van der Waals surface area contributed by atoms with Crippen LogP contribution >= 0.6 is 12.2 Å². The van der Waals surface area contributed by atoms with Crippen LogP contribution in [0.3, 0.4) is 0 Å². The summed E-state index contributed by atoms with van der Waals surface area (Å²) >= 11 is 4.84. The van der Waals surface area contributed by atoms with E-state index in [9.17, 15) is 4.79 Å². The number of carbonyl (C=O) groups excluding carboxylic acids is 1. The lowest BCUT2D eigenvalue weighted by Gasteiger charge is -2.37. The van der Waals surface area contributed by atoms with Crippen molar-refractivity contribution in [3.05, 3.63) is 0 Å². The van der Waals surface area contributed by atoms with Gasteiger partial charge in [-0.3, -0.25) is 14.6 Å². The highest BCUT2D eigenvalue weighted by molar-refractivity contribution is 7.80. The lowest BCUT2D eigenvalue weighted by atomic mass is 10.1. The summed E-state index contributed by atoms with van der Waals surface area (Å²) in [5.41, 5.74) is 5.46. The molecular weight excluding hydrogens is 260 g/mol. The number of thiocarbonyl (C=S) groups is 1. The van der Waals surface area contributed by atoms with Crippen LogP contribution in [0.2, 0.25) is 0 Å². The lowest BCUT2D eigenvalue weighted by molar-refractivity contribution is -0.131. The van der Waals surface area contributed by atoms with Gasteiger partial charge in [-0.25, -0.2) is 0 Å². The maximum absolute atomic E-state index is 12.1. The Hall–Kier alpha value is -0.720. The molecule has 2 aliphatic rings. The van der Waals surface area contributed by atoms with Crippen molar-refractivity contribution in [2.45, 2.75) is 25.3 Å². The summed E-state index contributed by atoms with van der Waals surface area (Å²) in [6, 6.07) is 0.670. The van der Waals surface area contributed by atoms with Crippen molar-refractivity contribution in [2.24, 2.45) is 5.73 Å². The van der Waals surface area contributed by atoms with Crippen molar-refractivity contribution >= 4 is 23.1 Å². The Kier molecular flexibility index (Phi) is 5.13. The van der Waals surface area contributed by atoms with Gasteiger partial charge in [-0.15, -0.1) is 0 Å². The maximum atomic E-state index is 12.1. The SMILES string of the molecule is CN(CCC(N)=S)C(=O)CN1CCN2CCCC2C1. The van der Waals surface area contributed by atoms with Crippen molar-refractivity contribution in [1.29, 1.82) is 0 Å². The Morgan fingerprint density at radius 1 is 1.42 bits per heavy atom. The van der Waals surface area contributed by atoms with Crippen LogP contribution in [0, 0.1) is 0 Å². The number of piperazine rings is 1. The maximum Gasteiger partial charge on any atom is 0.236 e. The van der Waals surface area contributed by atoms with Crippen LogP contribution in [0.25, 0.3) is 0 Å². The first-order valence-electron chi connectivity index (χ1n) is 7.05. The predicted molar refractivity (Wildman–Crippen MR) is 80.1 cm³/mol. The molecule has 5 nitrogen and oxygen atoms in total. The second kappa shape index (κ2) is 6.63. The van der Waals surface area contributed by atoms with E-state index in [1.54, 1.807) is 4.90 Å². The van der Waals surface area contributed by atoms with Crippen molar-refractivity contribution < 1.29 is 4.79 Å². The van der Waals surface area contributed by atoms with Crippen molar-refractivity contribution in [1.82, 2.24) is 14.7 Å². The second-order valence-corrected chi connectivity index (χ2v) is 6.12. The molecule has 1 amide bonds. The molecule has 2 N–H and O–H groups in total. The first kappa shape index (κ1) is 14.7. The molecule has 0 saturated carbocycles. The van der Waals surface area contributed by atoms with Gasteiger partial charge in [-0.2, -0.15) is 0 Å². The molecule has 0 aromatic carbocycles. The molecule has 0 aromatic heterocycles. The Morgan fingerprint density at radius 3 is 2.95 bits per heavy atom. The number of nitrogens with zero attached hydrogens (tertiary/aromatic N) is 3. The van der Waals surface area contributed by atoms with Crippen molar-refractivity contribution in [3.63, 3.8) is 0 Å². The Morgan fingerprint density at radius 2 is 2.21 bits per heavy atom. The highest BCUT2D eigenvalue weighted by Crippen LogP contribution is 2.21. The van der Waals surface area contributed by atoms with Crippen LogP contribution in [0.5, 0.6) is 0 Å². The third kappa shape index (κ3) is 4.12. The minimum atomic E-state index is 0.169. The minimum Gasteiger partial charge on any atom is -0.393 e. The molecule has 2 rings (SSSR count). The van der Waals surface area contributed by atoms with Crippen LogP contribution in [-0.4, -0.2) is 78.0 Å². The molecular formula is C13H24N4OS. The number of fused-ring (bicyclic) bond motifs is 1. The zero-order chi connectivity index (χ0) is 13.8. The van der Waals surface area contributed by atoms with E-state index < -0.39 is 0 Å². The van der Waals surface area contributed by atoms with Gasteiger partial charge in [0.05, 0.1) is 11.5 Å². The summed E-state index contributed by atoms with van der Waals surface area (Å²) in [6.45, 7) is 5.53. The monoisotopic (exact) mass is 284 g/mol. The Bertz CT molecular complexity index is 350. The van der Waals surface area contributed by atoms with Gasteiger partial charge in [-0.1, -0.05) is 12.2 Å². The summed E-state index contributed by atoms with van der Waals surface area (Å²) in [6.07, 6.45) is 3.19. The molecule has 0 aliphatic carbocycles. The zero-order valence-electron chi connectivity index (χ0n) is 11.7. The van der Waals surface area contributed by atoms with Crippen molar-refractivity contribution in [3.8, 4) is 0 Å². The molecule has 1 unspecified atom stereocenters. The Labute approximate surface area is 120 Å². The second-order valence-electron chi connectivity index (χ2n) is 5.60. The molecule has 0 radical (unpaired) electrons. The van der Waals surface area contributed by atoms with E-state index in [0.717, 1.165) is 19.6 Å². The summed E-state index contributed by atoms with van der Waals surface area (Å²) < 4.78 is 0. The molecule has 0 spiro atoms. The van der Waals surface area contributed by atoms with Crippen molar-refractivity contribution in [2.75, 3.05) is 46.3 Å². The smallest absolute Gasteiger partial charge is 0.236 e. The molecule has 0 aromatic rings. The van der Waals surface area contributed by atoms with E-state index in [0.29, 0.717) is 30.5 Å². The molecule has 1 atom stereocenters. The summed E-state index contributed by atoms with van der Waals surface area (Å²) in [4.78, 5) is 19.1. The summed E-state index contributed by atoms with van der Waals surface area (Å²) in [5.74, 6) is 0.169. The largest absolute Gasteiger partial charge is 0.393 e. The molecule has 0 bridgehead atoms. The fraction of sp³-hybridized carbons (Fsp3) is 0.846. The number of amides is 1. The van der Waals surface area contributed by atoms with Gasteiger partial charge in [-0.05, 0) is 19.4 Å². The number of nitrogens with two attached hydrogens (primary N) is 1. The number of hydrogen-bond donors (Lipinski definition) is 1. The fourth-order valence-corrected chi connectivity index (χ4v) is 3.00. The zero-order valence-corrected chi connectivity index (χ0v) is 12.5. The quantitative estimate of drug-likeness (QED) is 0.715. The molecule has 2 fully saturated rings. The van der Waals surface area contributed by atoms with E-state index in [1.807, 2.05) is 7.05 Å². The first-order valence-corrected chi connectivity index (χ1v) is 7.46. The van der Waals surface area contributed by atoms with Crippen LogP contribution in [-0.2, 0) is 4.79 Å². The van der Waals surface area contributed by atoms with Gasteiger partial charge in [0.25, 0.3) is 0 Å². The highest BCUT2D eigenvalue weighted by Gasteiger charge is 2.31. The number of rotatable bonds is 5. The Balaban J connectivity index is 1.74.